The number of carbonyl (C=O) groups excluding carboxylic acids is 1. The van der Waals surface area contributed by atoms with Crippen LogP contribution < -0.4 is 10.6 Å². The van der Waals surface area contributed by atoms with Gasteiger partial charge in [0.05, 0.1) is 0 Å². The molecular weight excluding hydrogens is 286 g/mol. The summed E-state index contributed by atoms with van der Waals surface area (Å²) in [5.41, 5.74) is 4.05. The lowest BCUT2D eigenvalue weighted by atomic mass is 9.84. The van der Waals surface area contributed by atoms with Crippen molar-refractivity contribution in [3.63, 3.8) is 0 Å². The first-order chi connectivity index (χ1) is 10.9. The van der Waals surface area contributed by atoms with Crippen LogP contribution in [0.3, 0.4) is 0 Å². The number of rotatable bonds is 4. The van der Waals surface area contributed by atoms with Gasteiger partial charge in [0.25, 0.3) is 0 Å². The SMILES string of the molecule is Cc1cccc(C(C)(C)C)c1NC(=O)NCCc1ccccn1. The standard InChI is InChI=1S/C19H25N3O/c1-14-8-7-10-16(19(2,3)4)17(14)22-18(23)21-13-11-15-9-5-6-12-20-15/h5-10,12H,11,13H2,1-4H3,(H2,21,22,23). The van der Waals surface area contributed by atoms with E-state index < -0.39 is 0 Å². The summed E-state index contributed by atoms with van der Waals surface area (Å²) in [7, 11) is 0. The van der Waals surface area contributed by atoms with E-state index >= 15 is 0 Å². The van der Waals surface area contributed by atoms with E-state index in [-0.39, 0.29) is 11.4 Å². The van der Waals surface area contributed by atoms with E-state index in [1.54, 1.807) is 6.20 Å². The summed E-state index contributed by atoms with van der Waals surface area (Å²) in [6.45, 7) is 9.00. The number of urea groups is 1. The Labute approximate surface area is 138 Å². The van der Waals surface area contributed by atoms with Crippen molar-refractivity contribution < 1.29 is 4.79 Å². The van der Waals surface area contributed by atoms with Gasteiger partial charge in [-0.3, -0.25) is 4.98 Å². The van der Waals surface area contributed by atoms with E-state index in [2.05, 4.69) is 42.5 Å². The van der Waals surface area contributed by atoms with Gasteiger partial charge in [-0.2, -0.15) is 0 Å². The van der Waals surface area contributed by atoms with Gasteiger partial charge in [0, 0.05) is 30.5 Å². The molecule has 0 radical (unpaired) electrons. The number of carbonyl (C=O) groups is 1. The number of hydrogen-bond acceptors (Lipinski definition) is 2. The van der Waals surface area contributed by atoms with Crippen molar-refractivity contribution >= 4 is 11.7 Å². The van der Waals surface area contributed by atoms with Crippen molar-refractivity contribution in [2.75, 3.05) is 11.9 Å². The van der Waals surface area contributed by atoms with Crippen LogP contribution in [-0.4, -0.2) is 17.6 Å². The van der Waals surface area contributed by atoms with Crippen molar-refractivity contribution in [1.29, 1.82) is 0 Å². The molecule has 1 heterocycles. The van der Waals surface area contributed by atoms with Crippen LogP contribution in [0.4, 0.5) is 10.5 Å². The highest BCUT2D eigenvalue weighted by Gasteiger charge is 2.20. The maximum Gasteiger partial charge on any atom is 0.319 e. The topological polar surface area (TPSA) is 54.0 Å². The lowest BCUT2D eigenvalue weighted by Gasteiger charge is -2.24. The van der Waals surface area contributed by atoms with Crippen LogP contribution in [0.25, 0.3) is 0 Å². The van der Waals surface area contributed by atoms with E-state index in [0.717, 1.165) is 22.5 Å². The molecule has 0 fully saturated rings. The molecular formula is C19H25N3O. The van der Waals surface area contributed by atoms with Crippen LogP contribution in [0.5, 0.6) is 0 Å². The van der Waals surface area contributed by atoms with Gasteiger partial charge in [0.15, 0.2) is 0 Å². The van der Waals surface area contributed by atoms with Gasteiger partial charge in [-0.15, -0.1) is 0 Å². The molecule has 1 aromatic carbocycles. The zero-order chi connectivity index (χ0) is 16.9. The Morgan fingerprint density at radius 1 is 1.13 bits per heavy atom. The predicted molar refractivity (Wildman–Crippen MR) is 94.8 cm³/mol. The van der Waals surface area contributed by atoms with E-state index in [9.17, 15) is 4.79 Å². The Morgan fingerprint density at radius 2 is 1.91 bits per heavy atom. The molecule has 4 heteroatoms. The van der Waals surface area contributed by atoms with Crippen LogP contribution >= 0.6 is 0 Å². The molecule has 1 aromatic heterocycles. The number of pyridine rings is 1. The Hall–Kier alpha value is -2.36. The normalized spacial score (nSPS) is 11.1. The molecule has 2 rings (SSSR count). The Balaban J connectivity index is 1.98. The number of benzene rings is 1. The van der Waals surface area contributed by atoms with E-state index in [0.29, 0.717) is 13.0 Å². The summed E-state index contributed by atoms with van der Waals surface area (Å²) >= 11 is 0. The molecule has 0 saturated carbocycles. The third kappa shape index (κ3) is 4.81. The highest BCUT2D eigenvalue weighted by molar-refractivity contribution is 5.91. The number of nitrogens with one attached hydrogen (secondary N) is 2. The smallest absolute Gasteiger partial charge is 0.319 e. The monoisotopic (exact) mass is 311 g/mol. The van der Waals surface area contributed by atoms with E-state index in [1.165, 1.54) is 0 Å². The minimum absolute atomic E-state index is 0.0252. The molecule has 0 atom stereocenters. The molecule has 122 valence electrons. The van der Waals surface area contributed by atoms with Gasteiger partial charge in [-0.1, -0.05) is 45.0 Å². The molecule has 2 amide bonds. The van der Waals surface area contributed by atoms with Crippen LogP contribution in [-0.2, 0) is 11.8 Å². The first-order valence-corrected chi connectivity index (χ1v) is 7.93. The largest absolute Gasteiger partial charge is 0.337 e. The molecule has 0 bridgehead atoms. The number of amides is 2. The fraction of sp³-hybridized carbons (Fsp3) is 0.368. The summed E-state index contributed by atoms with van der Waals surface area (Å²) < 4.78 is 0. The van der Waals surface area contributed by atoms with Crippen molar-refractivity contribution in [2.45, 2.75) is 39.5 Å². The molecule has 23 heavy (non-hydrogen) atoms. The molecule has 2 N–H and O–H groups in total. The average molecular weight is 311 g/mol. The number of aromatic nitrogens is 1. The molecule has 0 saturated heterocycles. The summed E-state index contributed by atoms with van der Waals surface area (Å²) in [6, 6.07) is 11.7. The molecule has 0 unspecified atom stereocenters. The number of nitrogens with zero attached hydrogens (tertiary/aromatic N) is 1. The van der Waals surface area contributed by atoms with Crippen molar-refractivity contribution in [3.8, 4) is 0 Å². The lowest BCUT2D eigenvalue weighted by Crippen LogP contribution is -2.32. The Kier molecular flexibility index (Phi) is 5.37. The minimum Gasteiger partial charge on any atom is -0.337 e. The van der Waals surface area contributed by atoms with Crippen molar-refractivity contribution in [3.05, 3.63) is 59.4 Å². The molecule has 0 aliphatic carbocycles. The summed E-state index contributed by atoms with van der Waals surface area (Å²) in [6.07, 6.45) is 2.48. The Morgan fingerprint density at radius 3 is 2.57 bits per heavy atom. The third-order valence-corrected chi connectivity index (χ3v) is 3.71. The average Bonchev–Trinajstić information content (AvgIpc) is 2.49. The van der Waals surface area contributed by atoms with Gasteiger partial charge in [0.2, 0.25) is 0 Å². The zero-order valence-electron chi connectivity index (χ0n) is 14.3. The first-order valence-electron chi connectivity index (χ1n) is 7.93. The highest BCUT2D eigenvalue weighted by Crippen LogP contribution is 2.31. The van der Waals surface area contributed by atoms with Gasteiger partial charge in [-0.05, 0) is 35.6 Å². The second-order valence-corrected chi connectivity index (χ2v) is 6.70. The molecule has 2 aromatic rings. The summed E-state index contributed by atoms with van der Waals surface area (Å²) in [5.74, 6) is 0. The van der Waals surface area contributed by atoms with Gasteiger partial charge in [0.1, 0.15) is 0 Å². The second kappa shape index (κ2) is 7.27. The second-order valence-electron chi connectivity index (χ2n) is 6.70. The summed E-state index contributed by atoms with van der Waals surface area (Å²) in [4.78, 5) is 16.4. The number of para-hydroxylation sites is 1. The molecule has 0 aliphatic rings. The van der Waals surface area contributed by atoms with Gasteiger partial charge >= 0.3 is 6.03 Å². The van der Waals surface area contributed by atoms with Crippen LogP contribution in [0.1, 0.15) is 37.6 Å². The number of hydrogen-bond donors (Lipinski definition) is 2. The summed E-state index contributed by atoms with van der Waals surface area (Å²) in [5, 5.41) is 5.90. The quantitative estimate of drug-likeness (QED) is 0.895. The maximum absolute atomic E-state index is 12.2. The fourth-order valence-electron chi connectivity index (χ4n) is 2.47. The highest BCUT2D eigenvalue weighted by atomic mass is 16.2. The van der Waals surface area contributed by atoms with Gasteiger partial charge < -0.3 is 10.6 Å². The third-order valence-electron chi connectivity index (χ3n) is 3.71. The van der Waals surface area contributed by atoms with Gasteiger partial charge in [-0.25, -0.2) is 4.79 Å². The molecule has 0 spiro atoms. The minimum atomic E-state index is -0.180. The van der Waals surface area contributed by atoms with Crippen molar-refractivity contribution in [1.82, 2.24) is 10.3 Å². The molecule has 4 nitrogen and oxygen atoms in total. The van der Waals surface area contributed by atoms with E-state index in [1.807, 2.05) is 37.3 Å². The van der Waals surface area contributed by atoms with Crippen LogP contribution in [0, 0.1) is 6.92 Å². The van der Waals surface area contributed by atoms with Crippen LogP contribution in [0.2, 0.25) is 0 Å². The van der Waals surface area contributed by atoms with Crippen LogP contribution in [0.15, 0.2) is 42.6 Å². The van der Waals surface area contributed by atoms with Crippen molar-refractivity contribution in [2.24, 2.45) is 0 Å². The predicted octanol–water partition coefficient (Wildman–Crippen LogP) is 4.05. The maximum atomic E-state index is 12.2. The fourth-order valence-corrected chi connectivity index (χ4v) is 2.47. The molecule has 0 aliphatic heterocycles. The zero-order valence-corrected chi connectivity index (χ0v) is 14.3. The first kappa shape index (κ1) is 17.0. The van der Waals surface area contributed by atoms with E-state index in [4.69, 9.17) is 0 Å². The number of aryl methyl sites for hydroxylation is 1. The Bertz CT molecular complexity index is 660. The number of anilines is 1. The lowest BCUT2D eigenvalue weighted by molar-refractivity contribution is 0.252.